The first-order chi connectivity index (χ1) is 14.8. The van der Waals surface area contributed by atoms with Crippen LogP contribution in [-0.2, 0) is 14.4 Å². The summed E-state index contributed by atoms with van der Waals surface area (Å²) in [5.41, 5.74) is -2.74. The van der Waals surface area contributed by atoms with E-state index in [4.69, 9.17) is 0 Å². The number of carboxylic acid groups (broad SMARTS) is 3. The number of thiol groups is 3. The van der Waals surface area contributed by atoms with E-state index in [0.29, 0.717) is 0 Å². The number of aliphatic hydroxyl groups is 3. The fraction of sp³-hybridized carbons (Fsp3) is 0.857. The van der Waals surface area contributed by atoms with E-state index in [1.165, 1.54) is 0 Å². The molecule has 0 heterocycles. The molecule has 0 saturated carbocycles. The van der Waals surface area contributed by atoms with Gasteiger partial charge in [-0.3, -0.25) is 14.4 Å². The Morgan fingerprint density at radius 1 is 0.606 bits per heavy atom. The highest BCUT2D eigenvalue weighted by Crippen LogP contribution is 2.59. The van der Waals surface area contributed by atoms with E-state index in [1.807, 2.05) is 0 Å². The summed E-state index contributed by atoms with van der Waals surface area (Å²) < 4.78 is -3.59. The maximum Gasteiger partial charge on any atom is 0.304 e. The Labute approximate surface area is 211 Å². The van der Waals surface area contributed by atoms with Crippen molar-refractivity contribution in [2.45, 2.75) is 80.0 Å². The van der Waals surface area contributed by atoms with Gasteiger partial charge in [-0.1, -0.05) is 20.8 Å². The van der Waals surface area contributed by atoms with Gasteiger partial charge in [0.2, 0.25) is 0 Å². The Kier molecular flexibility index (Phi) is 12.1. The van der Waals surface area contributed by atoms with Crippen molar-refractivity contribution in [3.8, 4) is 0 Å². The highest BCUT2D eigenvalue weighted by Gasteiger charge is 2.57. The summed E-state index contributed by atoms with van der Waals surface area (Å²) in [4.78, 5) is 34.5. The molecule has 0 aliphatic rings. The minimum absolute atomic E-state index is 0.0535. The molecule has 0 aliphatic heterocycles. The summed E-state index contributed by atoms with van der Waals surface area (Å²) in [6.07, 6.45) is -1.45. The summed E-state index contributed by atoms with van der Waals surface area (Å²) in [7, 11) is 0. The summed E-state index contributed by atoms with van der Waals surface area (Å²) in [6, 6.07) is 0. The van der Waals surface area contributed by atoms with Gasteiger partial charge in [0.05, 0.1) is 32.5 Å². The van der Waals surface area contributed by atoms with Gasteiger partial charge >= 0.3 is 17.9 Å². The zero-order valence-electron chi connectivity index (χ0n) is 19.3. The molecule has 0 aromatic carbocycles. The van der Waals surface area contributed by atoms with Crippen LogP contribution in [0.3, 0.4) is 0 Å². The van der Waals surface area contributed by atoms with Crippen molar-refractivity contribution in [3.63, 3.8) is 0 Å². The lowest BCUT2D eigenvalue weighted by Gasteiger charge is -2.56. The first-order valence-electron chi connectivity index (χ1n) is 10.5. The van der Waals surface area contributed by atoms with Gasteiger partial charge in [-0.05, 0) is 31.1 Å². The van der Waals surface area contributed by atoms with Crippen molar-refractivity contribution in [3.05, 3.63) is 0 Å². The number of rotatable bonds is 17. The van der Waals surface area contributed by atoms with E-state index in [2.05, 4.69) is 37.9 Å². The molecule has 0 aliphatic carbocycles. The Morgan fingerprint density at radius 3 is 1.06 bits per heavy atom. The Balaban J connectivity index is 7.06. The van der Waals surface area contributed by atoms with E-state index < -0.39 is 82.1 Å². The smallest absolute Gasteiger partial charge is 0.304 e. The van der Waals surface area contributed by atoms with Gasteiger partial charge in [0, 0.05) is 26.3 Å². The number of hydrogen-bond acceptors (Lipinski definition) is 9. The third-order valence-corrected chi connectivity index (χ3v) is 7.02. The highest BCUT2D eigenvalue weighted by atomic mass is 32.1. The second-order valence-corrected chi connectivity index (χ2v) is 13.3. The average Bonchev–Trinajstić information content (AvgIpc) is 2.54. The molecule has 0 bridgehead atoms. The van der Waals surface area contributed by atoms with Crippen LogP contribution in [0.1, 0.15) is 65.7 Å². The van der Waals surface area contributed by atoms with Crippen LogP contribution in [0.2, 0.25) is 0 Å². The van der Waals surface area contributed by atoms with Crippen LogP contribution in [0, 0.1) is 10.8 Å². The normalized spacial score (nSPS) is 19.5. The van der Waals surface area contributed by atoms with E-state index in [-0.39, 0.29) is 25.7 Å². The topological polar surface area (TPSA) is 173 Å². The minimum atomic E-state index is -1.44. The quantitative estimate of drug-likeness (QED) is 0.127. The predicted octanol–water partition coefficient (Wildman–Crippen LogP) is 1.99. The third kappa shape index (κ3) is 10.2. The fourth-order valence-electron chi connectivity index (χ4n) is 5.12. The van der Waals surface area contributed by atoms with Crippen molar-refractivity contribution in [1.82, 2.24) is 0 Å². The van der Waals surface area contributed by atoms with Crippen molar-refractivity contribution in [2.24, 2.45) is 10.8 Å². The van der Waals surface area contributed by atoms with Crippen LogP contribution in [0.15, 0.2) is 0 Å². The summed E-state index contributed by atoms with van der Waals surface area (Å²) in [6.45, 7) is 3.01. The van der Waals surface area contributed by atoms with Gasteiger partial charge in [-0.2, -0.15) is 37.9 Å². The fourth-order valence-corrected chi connectivity index (χ4v) is 6.44. The van der Waals surface area contributed by atoms with Crippen molar-refractivity contribution in [1.29, 1.82) is 0 Å². The lowest BCUT2D eigenvalue weighted by atomic mass is 9.52. The molecule has 0 fully saturated rings. The molecule has 0 spiro atoms. The van der Waals surface area contributed by atoms with Crippen LogP contribution in [0.5, 0.6) is 0 Å². The molecule has 0 aromatic rings. The van der Waals surface area contributed by atoms with Gasteiger partial charge in [0.15, 0.2) is 0 Å². The van der Waals surface area contributed by atoms with Gasteiger partial charge in [-0.25, -0.2) is 0 Å². The molecule has 3 unspecified atom stereocenters. The van der Waals surface area contributed by atoms with Crippen LogP contribution in [0.25, 0.3) is 0 Å². The molecule has 0 amide bonds. The van der Waals surface area contributed by atoms with Crippen LogP contribution in [0.4, 0.5) is 0 Å². The Morgan fingerprint density at radius 2 is 0.879 bits per heavy atom. The molecule has 9 nitrogen and oxygen atoms in total. The molecule has 3 atom stereocenters. The van der Waals surface area contributed by atoms with E-state index in [9.17, 15) is 45.0 Å². The molecule has 6 N–H and O–H groups in total. The number of aliphatic carboxylic acids is 3. The molecule has 0 radical (unpaired) electrons. The number of carboxylic acids is 3. The Hall–Kier alpha value is -0.660. The lowest BCUT2D eigenvalue weighted by molar-refractivity contribution is -0.139. The van der Waals surface area contributed by atoms with Gasteiger partial charge < -0.3 is 30.6 Å². The lowest BCUT2D eigenvalue weighted by Crippen LogP contribution is -2.56. The largest absolute Gasteiger partial charge is 0.481 e. The first-order valence-corrected chi connectivity index (χ1v) is 11.8. The summed E-state index contributed by atoms with van der Waals surface area (Å²) >= 11 is 13.6. The zero-order valence-corrected chi connectivity index (χ0v) is 22.0. The van der Waals surface area contributed by atoms with Gasteiger partial charge in [0.25, 0.3) is 0 Å². The maximum atomic E-state index is 11.5. The van der Waals surface area contributed by atoms with Crippen LogP contribution in [-0.4, -0.2) is 82.6 Å². The predicted molar refractivity (Wildman–Crippen MR) is 134 cm³/mol. The van der Waals surface area contributed by atoms with Crippen molar-refractivity contribution < 1.29 is 45.0 Å². The van der Waals surface area contributed by atoms with Crippen LogP contribution >= 0.6 is 37.9 Å². The molecule has 0 rings (SSSR count). The number of hydrogen-bond donors (Lipinski definition) is 9. The average molecular weight is 531 g/mol. The standard InChI is InChI=1S/C21H38O9S3/c1-17(31,6-14(25)26)9-21(10-18(2,32)7-15(27)28,11-19(3,33)8-16(29)30)20(12-23,13-24)4-5-22/h22-24,31-33H,4-13H2,1-3H3,(H,25,26)(H,27,28)(H,29,30). The SMILES string of the molecule is CC(S)(CC(=O)O)CC(CC(C)(S)CC(=O)O)(CC(C)(S)CC(=O)O)C(CO)(CO)CCO. The number of carbonyl (C=O) groups is 3. The monoisotopic (exact) mass is 530 g/mol. The second-order valence-electron chi connectivity index (χ2n) is 10.1. The number of aliphatic hydroxyl groups excluding tert-OH is 3. The molecule has 12 heteroatoms. The summed E-state index contributed by atoms with van der Waals surface area (Å²) in [5.74, 6) is -3.42. The molecular weight excluding hydrogens is 492 g/mol. The zero-order chi connectivity index (χ0) is 26.3. The molecule has 33 heavy (non-hydrogen) atoms. The van der Waals surface area contributed by atoms with E-state index in [1.54, 1.807) is 20.8 Å². The highest BCUT2D eigenvalue weighted by molar-refractivity contribution is 7.82. The van der Waals surface area contributed by atoms with Crippen molar-refractivity contribution in [2.75, 3.05) is 19.8 Å². The second kappa shape index (κ2) is 12.3. The Bertz CT molecular complexity index is 614. The molecule has 0 saturated heterocycles. The molecule has 194 valence electrons. The third-order valence-electron chi connectivity index (χ3n) is 6.07. The molecule has 0 aromatic heterocycles. The van der Waals surface area contributed by atoms with E-state index >= 15 is 0 Å². The summed E-state index contributed by atoms with van der Waals surface area (Å²) in [5, 5.41) is 59.0. The minimum Gasteiger partial charge on any atom is -0.481 e. The van der Waals surface area contributed by atoms with Gasteiger partial charge in [-0.15, -0.1) is 0 Å². The maximum absolute atomic E-state index is 11.5. The van der Waals surface area contributed by atoms with E-state index in [0.717, 1.165) is 0 Å². The van der Waals surface area contributed by atoms with Crippen molar-refractivity contribution >= 4 is 55.8 Å². The van der Waals surface area contributed by atoms with Crippen LogP contribution < -0.4 is 0 Å². The first kappa shape index (κ1) is 32.3. The van der Waals surface area contributed by atoms with Gasteiger partial charge in [0.1, 0.15) is 0 Å². The molecular formula is C21H38O9S3.